The largest absolute Gasteiger partial charge is 0.418 e. The smallest absolute Gasteiger partial charge is 0.367 e. The number of alkyl halides is 3. The molecule has 6 nitrogen and oxygen atoms in total. The van der Waals surface area contributed by atoms with E-state index >= 15 is 0 Å². The molecule has 0 aliphatic carbocycles. The molecular formula is C14H14F3N5O. The molecule has 0 unspecified atom stereocenters. The molecule has 0 radical (unpaired) electrons. The molecule has 9 heteroatoms. The first-order chi connectivity index (χ1) is 11.0. The number of piperazine rings is 1. The van der Waals surface area contributed by atoms with E-state index in [9.17, 15) is 18.0 Å². The van der Waals surface area contributed by atoms with Crippen molar-refractivity contribution in [1.29, 1.82) is 0 Å². The number of hydrogen-bond donors (Lipinski definition) is 0. The highest BCUT2D eigenvalue weighted by Crippen LogP contribution is 2.36. The van der Waals surface area contributed by atoms with Crippen molar-refractivity contribution in [3.8, 4) is 0 Å². The van der Waals surface area contributed by atoms with Crippen LogP contribution in [0.1, 0.15) is 5.56 Å². The van der Waals surface area contributed by atoms with Crippen molar-refractivity contribution in [3.63, 3.8) is 0 Å². The number of carbonyl (C=O) groups is 1. The van der Waals surface area contributed by atoms with Gasteiger partial charge in [-0.2, -0.15) is 23.4 Å². The third kappa shape index (κ3) is 3.13. The van der Waals surface area contributed by atoms with Crippen LogP contribution in [0.3, 0.4) is 0 Å². The lowest BCUT2D eigenvalue weighted by Crippen LogP contribution is -2.50. The number of hydrogen-bond acceptors (Lipinski definition) is 4. The zero-order valence-corrected chi connectivity index (χ0v) is 12.1. The average Bonchev–Trinajstić information content (AvgIpc) is 3.08. The van der Waals surface area contributed by atoms with E-state index in [2.05, 4.69) is 10.2 Å². The minimum Gasteiger partial charge on any atom is -0.367 e. The Labute approximate surface area is 130 Å². The molecule has 0 atom stereocenters. The number of anilines is 1. The summed E-state index contributed by atoms with van der Waals surface area (Å²) in [5, 5.41) is 7.53. The van der Waals surface area contributed by atoms with Gasteiger partial charge in [0.2, 0.25) is 0 Å². The number of carbonyl (C=O) groups excluding carboxylic acids is 1. The molecule has 1 amide bonds. The van der Waals surface area contributed by atoms with Crippen molar-refractivity contribution < 1.29 is 18.0 Å². The summed E-state index contributed by atoms with van der Waals surface area (Å²) in [6.45, 7) is 1.26. The molecule has 23 heavy (non-hydrogen) atoms. The second-order valence-corrected chi connectivity index (χ2v) is 5.09. The zero-order chi connectivity index (χ0) is 16.4. The standard InChI is InChI=1S/C14H14F3N5O/c15-14(16,17)11-3-1-2-4-12(11)20-7-9-21(10-8-20)13(23)22-18-5-6-19-22/h1-6H,7-10H2. The Balaban J connectivity index is 1.72. The van der Waals surface area contributed by atoms with E-state index in [1.54, 1.807) is 11.0 Å². The monoisotopic (exact) mass is 325 g/mol. The highest BCUT2D eigenvalue weighted by atomic mass is 19.4. The Hall–Kier alpha value is -2.58. The van der Waals surface area contributed by atoms with Gasteiger partial charge in [0.1, 0.15) is 0 Å². The number of amides is 1. The molecule has 3 rings (SSSR count). The Morgan fingerprint density at radius 1 is 1.00 bits per heavy atom. The van der Waals surface area contributed by atoms with Crippen molar-refractivity contribution in [2.24, 2.45) is 0 Å². The molecule has 2 aromatic rings. The number of para-hydroxylation sites is 1. The second-order valence-electron chi connectivity index (χ2n) is 5.09. The van der Waals surface area contributed by atoms with Crippen LogP contribution in [0.4, 0.5) is 23.7 Å². The third-order valence-electron chi connectivity index (χ3n) is 3.69. The van der Waals surface area contributed by atoms with Crippen LogP contribution in [-0.4, -0.2) is 52.1 Å². The molecule has 1 saturated heterocycles. The quantitative estimate of drug-likeness (QED) is 0.806. The van der Waals surface area contributed by atoms with Gasteiger partial charge in [-0.25, -0.2) is 4.79 Å². The highest BCUT2D eigenvalue weighted by molar-refractivity contribution is 5.75. The summed E-state index contributed by atoms with van der Waals surface area (Å²) in [6, 6.07) is 5.10. The maximum absolute atomic E-state index is 13.1. The number of nitrogens with zero attached hydrogens (tertiary/aromatic N) is 5. The fraction of sp³-hybridized carbons (Fsp3) is 0.357. The maximum Gasteiger partial charge on any atom is 0.418 e. The molecule has 1 fully saturated rings. The van der Waals surface area contributed by atoms with Gasteiger partial charge in [0.15, 0.2) is 0 Å². The lowest BCUT2D eigenvalue weighted by Gasteiger charge is -2.36. The predicted molar refractivity (Wildman–Crippen MR) is 76.0 cm³/mol. The van der Waals surface area contributed by atoms with Crippen LogP contribution in [0.15, 0.2) is 36.7 Å². The second kappa shape index (κ2) is 5.90. The van der Waals surface area contributed by atoms with Crippen molar-refractivity contribution in [2.45, 2.75) is 6.18 Å². The molecule has 122 valence electrons. The van der Waals surface area contributed by atoms with Crippen molar-refractivity contribution in [2.75, 3.05) is 31.1 Å². The van der Waals surface area contributed by atoms with Gasteiger partial charge in [-0.1, -0.05) is 16.9 Å². The highest BCUT2D eigenvalue weighted by Gasteiger charge is 2.35. The predicted octanol–water partition coefficient (Wildman–Crippen LogP) is 2.09. The molecule has 1 aromatic carbocycles. The Morgan fingerprint density at radius 3 is 2.22 bits per heavy atom. The molecule has 1 aliphatic rings. The number of halogens is 3. The molecule has 2 heterocycles. The minimum absolute atomic E-state index is 0.143. The Kier molecular flexibility index (Phi) is 3.93. The molecule has 0 N–H and O–H groups in total. The lowest BCUT2D eigenvalue weighted by atomic mass is 10.1. The minimum atomic E-state index is -4.40. The first kappa shape index (κ1) is 15.3. The first-order valence-corrected chi connectivity index (χ1v) is 7.03. The zero-order valence-electron chi connectivity index (χ0n) is 12.1. The van der Waals surface area contributed by atoms with E-state index in [4.69, 9.17) is 0 Å². The van der Waals surface area contributed by atoms with Crippen LogP contribution < -0.4 is 4.90 Å². The topological polar surface area (TPSA) is 54.3 Å². The van der Waals surface area contributed by atoms with Gasteiger partial charge in [0.25, 0.3) is 0 Å². The number of aromatic nitrogens is 3. The van der Waals surface area contributed by atoms with E-state index in [1.807, 2.05) is 0 Å². The van der Waals surface area contributed by atoms with Gasteiger partial charge in [-0.3, -0.25) is 0 Å². The normalized spacial score (nSPS) is 15.8. The van der Waals surface area contributed by atoms with E-state index in [-0.39, 0.29) is 11.7 Å². The summed E-state index contributed by atoms with van der Waals surface area (Å²) in [7, 11) is 0. The number of rotatable bonds is 1. The van der Waals surface area contributed by atoms with E-state index in [0.717, 1.165) is 10.9 Å². The van der Waals surface area contributed by atoms with E-state index < -0.39 is 11.7 Å². The van der Waals surface area contributed by atoms with Crippen LogP contribution in [0.25, 0.3) is 0 Å². The molecular weight excluding hydrogens is 311 g/mol. The van der Waals surface area contributed by atoms with Crippen LogP contribution in [0, 0.1) is 0 Å². The first-order valence-electron chi connectivity index (χ1n) is 7.03. The summed E-state index contributed by atoms with van der Waals surface area (Å²) in [6.07, 6.45) is -1.61. The summed E-state index contributed by atoms with van der Waals surface area (Å²) in [4.78, 5) is 16.2. The molecule has 1 aromatic heterocycles. The van der Waals surface area contributed by atoms with Crippen LogP contribution in [-0.2, 0) is 6.18 Å². The van der Waals surface area contributed by atoms with Gasteiger partial charge in [0, 0.05) is 31.9 Å². The molecule has 0 spiro atoms. The summed E-state index contributed by atoms with van der Waals surface area (Å²) in [5.41, 5.74) is -0.516. The van der Waals surface area contributed by atoms with Crippen molar-refractivity contribution >= 4 is 11.7 Å². The number of benzene rings is 1. The van der Waals surface area contributed by atoms with Crippen molar-refractivity contribution in [3.05, 3.63) is 42.2 Å². The van der Waals surface area contributed by atoms with Crippen LogP contribution in [0.5, 0.6) is 0 Å². The van der Waals surface area contributed by atoms with E-state index in [1.165, 1.54) is 29.4 Å². The Morgan fingerprint density at radius 2 is 1.61 bits per heavy atom. The SMILES string of the molecule is O=C(N1CCN(c2ccccc2C(F)(F)F)CC1)n1nccn1. The van der Waals surface area contributed by atoms with Gasteiger partial charge in [-0.15, -0.1) is 0 Å². The van der Waals surface area contributed by atoms with Gasteiger partial charge in [0.05, 0.1) is 18.0 Å². The van der Waals surface area contributed by atoms with Crippen LogP contribution >= 0.6 is 0 Å². The summed E-state index contributed by atoms with van der Waals surface area (Å²) in [5.74, 6) is 0. The fourth-order valence-corrected chi connectivity index (χ4v) is 2.57. The molecule has 0 bridgehead atoms. The Bertz CT molecular complexity index is 678. The third-order valence-corrected chi connectivity index (χ3v) is 3.69. The van der Waals surface area contributed by atoms with Gasteiger partial charge >= 0.3 is 12.2 Å². The van der Waals surface area contributed by atoms with Gasteiger partial charge < -0.3 is 9.80 Å². The molecule has 1 aliphatic heterocycles. The average molecular weight is 325 g/mol. The van der Waals surface area contributed by atoms with Crippen molar-refractivity contribution in [1.82, 2.24) is 19.9 Å². The lowest BCUT2D eigenvalue weighted by molar-refractivity contribution is -0.137. The van der Waals surface area contributed by atoms with Crippen LogP contribution in [0.2, 0.25) is 0 Å². The maximum atomic E-state index is 13.1. The van der Waals surface area contributed by atoms with Gasteiger partial charge in [-0.05, 0) is 12.1 Å². The summed E-state index contributed by atoms with van der Waals surface area (Å²) < 4.78 is 39.2. The summed E-state index contributed by atoms with van der Waals surface area (Å²) >= 11 is 0. The fourth-order valence-electron chi connectivity index (χ4n) is 2.57. The molecule has 0 saturated carbocycles. The van der Waals surface area contributed by atoms with E-state index in [0.29, 0.717) is 26.2 Å².